The number of hydrogen-bond donors (Lipinski definition) is 1. The largest absolute Gasteiger partial charge is 0.296 e. The van der Waals surface area contributed by atoms with Gasteiger partial charge < -0.3 is 0 Å². The van der Waals surface area contributed by atoms with Gasteiger partial charge in [0.2, 0.25) is 0 Å². The number of aromatic amines is 1. The predicted molar refractivity (Wildman–Crippen MR) is 41.8 cm³/mol. The van der Waals surface area contributed by atoms with E-state index in [-0.39, 0.29) is 0 Å². The van der Waals surface area contributed by atoms with Gasteiger partial charge in [0.05, 0.1) is 10.2 Å². The molecular weight excluding hydrogens is 196 g/mol. The molecule has 0 atom stereocenters. The molecule has 1 heterocycles. The van der Waals surface area contributed by atoms with E-state index in [1.165, 1.54) is 0 Å². The minimum Gasteiger partial charge on any atom is -0.296 e. The second kappa shape index (κ2) is 2.79. The van der Waals surface area contributed by atoms with Crippen LogP contribution >= 0.6 is 15.9 Å². The maximum atomic E-state index is 10.2. The maximum absolute atomic E-state index is 10.2. The van der Waals surface area contributed by atoms with Crippen LogP contribution < -0.4 is 0 Å². The molecular formula is C6H5BrN2O. The van der Waals surface area contributed by atoms with Crippen LogP contribution in [0.5, 0.6) is 0 Å². The first-order chi connectivity index (χ1) is 4.79. The van der Waals surface area contributed by atoms with Crippen molar-refractivity contribution in [3.8, 4) is 0 Å². The SMILES string of the molecule is C=Cc1n[nH]c(C=O)c1Br. The summed E-state index contributed by atoms with van der Waals surface area (Å²) in [5.74, 6) is 0. The standard InChI is InChI=1S/C6H5BrN2O/c1-2-4-6(7)5(3-10)9-8-4/h2-3H,1H2,(H,8,9). The van der Waals surface area contributed by atoms with Gasteiger partial charge in [-0.25, -0.2) is 0 Å². The van der Waals surface area contributed by atoms with Gasteiger partial charge in [0.25, 0.3) is 0 Å². The van der Waals surface area contributed by atoms with Crippen molar-refractivity contribution in [1.82, 2.24) is 10.2 Å². The molecule has 0 aliphatic heterocycles. The van der Waals surface area contributed by atoms with Crippen LogP contribution in [0.4, 0.5) is 0 Å². The second-order valence-corrected chi connectivity index (χ2v) is 2.45. The molecule has 10 heavy (non-hydrogen) atoms. The van der Waals surface area contributed by atoms with Crippen LogP contribution in [0, 0.1) is 0 Å². The van der Waals surface area contributed by atoms with Gasteiger partial charge in [-0.05, 0) is 22.0 Å². The van der Waals surface area contributed by atoms with E-state index in [0.717, 1.165) is 0 Å². The molecule has 0 aromatic carbocycles. The Morgan fingerprint density at radius 2 is 2.40 bits per heavy atom. The van der Waals surface area contributed by atoms with E-state index in [0.29, 0.717) is 22.1 Å². The molecule has 0 aliphatic carbocycles. The highest BCUT2D eigenvalue weighted by Crippen LogP contribution is 2.17. The number of aldehydes is 1. The summed E-state index contributed by atoms with van der Waals surface area (Å²) in [5, 5.41) is 6.32. The van der Waals surface area contributed by atoms with Crippen molar-refractivity contribution in [1.29, 1.82) is 0 Å². The molecule has 0 amide bonds. The average molecular weight is 201 g/mol. The van der Waals surface area contributed by atoms with Gasteiger partial charge in [0.15, 0.2) is 6.29 Å². The van der Waals surface area contributed by atoms with Crippen LogP contribution in [-0.4, -0.2) is 16.5 Å². The molecule has 0 fully saturated rings. The number of hydrogen-bond acceptors (Lipinski definition) is 2. The first kappa shape index (κ1) is 7.21. The first-order valence-electron chi connectivity index (χ1n) is 2.61. The maximum Gasteiger partial charge on any atom is 0.169 e. The summed E-state index contributed by atoms with van der Waals surface area (Å²) in [4.78, 5) is 10.2. The molecule has 4 heteroatoms. The Labute approximate surface area is 66.3 Å². The lowest BCUT2D eigenvalue weighted by Crippen LogP contribution is -1.77. The molecule has 0 aliphatic rings. The van der Waals surface area contributed by atoms with Gasteiger partial charge in [-0.3, -0.25) is 9.89 Å². The molecule has 0 spiro atoms. The lowest BCUT2D eigenvalue weighted by atomic mass is 10.4. The normalized spacial score (nSPS) is 9.30. The molecule has 0 saturated carbocycles. The Balaban J connectivity index is 3.20. The van der Waals surface area contributed by atoms with E-state index in [1.807, 2.05) is 0 Å². The van der Waals surface area contributed by atoms with Gasteiger partial charge in [-0.15, -0.1) is 0 Å². The smallest absolute Gasteiger partial charge is 0.169 e. The number of halogens is 1. The van der Waals surface area contributed by atoms with Crippen LogP contribution in [-0.2, 0) is 0 Å². The molecule has 1 N–H and O–H groups in total. The fourth-order valence-electron chi connectivity index (χ4n) is 0.570. The molecule has 0 saturated heterocycles. The van der Waals surface area contributed by atoms with Crippen molar-refractivity contribution in [2.45, 2.75) is 0 Å². The van der Waals surface area contributed by atoms with E-state index in [9.17, 15) is 4.79 Å². The summed E-state index contributed by atoms with van der Waals surface area (Å²) >= 11 is 3.18. The van der Waals surface area contributed by atoms with Gasteiger partial charge in [0, 0.05) is 0 Å². The van der Waals surface area contributed by atoms with Gasteiger partial charge >= 0.3 is 0 Å². The second-order valence-electron chi connectivity index (χ2n) is 1.66. The number of nitrogens with one attached hydrogen (secondary N) is 1. The molecule has 0 unspecified atom stereocenters. The Morgan fingerprint density at radius 3 is 2.70 bits per heavy atom. The average Bonchev–Trinajstić information content (AvgIpc) is 2.30. The lowest BCUT2D eigenvalue weighted by Gasteiger charge is -1.82. The van der Waals surface area contributed by atoms with E-state index in [4.69, 9.17) is 0 Å². The van der Waals surface area contributed by atoms with Crippen LogP contribution in [0.3, 0.4) is 0 Å². The van der Waals surface area contributed by atoms with Crippen LogP contribution in [0.15, 0.2) is 11.1 Å². The molecule has 3 nitrogen and oxygen atoms in total. The minimum atomic E-state index is 0.440. The monoisotopic (exact) mass is 200 g/mol. The van der Waals surface area contributed by atoms with Gasteiger partial charge in [-0.2, -0.15) is 5.10 Å². The van der Waals surface area contributed by atoms with E-state index < -0.39 is 0 Å². The highest BCUT2D eigenvalue weighted by molar-refractivity contribution is 9.10. The summed E-state index contributed by atoms with van der Waals surface area (Å²) in [7, 11) is 0. The Kier molecular flexibility index (Phi) is 2.01. The predicted octanol–water partition coefficient (Wildman–Crippen LogP) is 1.63. The van der Waals surface area contributed by atoms with E-state index in [1.54, 1.807) is 6.08 Å². The zero-order chi connectivity index (χ0) is 7.56. The van der Waals surface area contributed by atoms with Crippen LogP contribution in [0.1, 0.15) is 16.2 Å². The number of nitrogens with zero attached hydrogens (tertiary/aromatic N) is 1. The first-order valence-corrected chi connectivity index (χ1v) is 3.40. The molecule has 1 aromatic heterocycles. The number of carbonyl (C=O) groups excluding carboxylic acids is 1. The van der Waals surface area contributed by atoms with Crippen molar-refractivity contribution in [3.05, 3.63) is 22.4 Å². The molecule has 1 rings (SSSR count). The summed E-state index contributed by atoms with van der Waals surface area (Å²) in [6.07, 6.45) is 2.26. The summed E-state index contributed by atoms with van der Waals surface area (Å²) in [6.45, 7) is 3.51. The summed E-state index contributed by atoms with van der Waals surface area (Å²) in [6, 6.07) is 0. The third-order valence-corrected chi connectivity index (χ3v) is 1.90. The van der Waals surface area contributed by atoms with E-state index >= 15 is 0 Å². The number of aromatic nitrogens is 2. The number of carbonyl (C=O) groups is 1. The topological polar surface area (TPSA) is 45.8 Å². The highest BCUT2D eigenvalue weighted by atomic mass is 79.9. The van der Waals surface area contributed by atoms with Crippen molar-refractivity contribution in [2.24, 2.45) is 0 Å². The Bertz CT molecular complexity index is 241. The van der Waals surface area contributed by atoms with Gasteiger partial charge in [-0.1, -0.05) is 6.58 Å². The van der Waals surface area contributed by atoms with E-state index in [2.05, 4.69) is 32.7 Å². The quantitative estimate of drug-likeness (QED) is 0.739. The third kappa shape index (κ3) is 1.02. The minimum absolute atomic E-state index is 0.440. The lowest BCUT2D eigenvalue weighted by molar-refractivity contribution is 0.111. The summed E-state index contributed by atoms with van der Waals surface area (Å²) < 4.78 is 0.664. The Hall–Kier alpha value is -0.900. The van der Waals surface area contributed by atoms with Gasteiger partial charge in [0.1, 0.15) is 5.69 Å². The zero-order valence-electron chi connectivity index (χ0n) is 5.10. The zero-order valence-corrected chi connectivity index (χ0v) is 6.68. The van der Waals surface area contributed by atoms with Crippen molar-refractivity contribution in [3.63, 3.8) is 0 Å². The van der Waals surface area contributed by atoms with Crippen molar-refractivity contribution in [2.75, 3.05) is 0 Å². The molecule has 1 aromatic rings. The molecule has 0 radical (unpaired) electrons. The number of rotatable bonds is 2. The molecule has 52 valence electrons. The van der Waals surface area contributed by atoms with Crippen molar-refractivity contribution < 1.29 is 4.79 Å². The van der Waals surface area contributed by atoms with Crippen LogP contribution in [0.2, 0.25) is 0 Å². The molecule has 0 bridgehead atoms. The van der Waals surface area contributed by atoms with Crippen molar-refractivity contribution >= 4 is 28.3 Å². The number of H-pyrrole nitrogens is 1. The highest BCUT2D eigenvalue weighted by Gasteiger charge is 2.04. The fraction of sp³-hybridized carbons (Fsp3) is 0. The Morgan fingerprint density at radius 1 is 1.70 bits per heavy atom. The van der Waals surface area contributed by atoms with Crippen LogP contribution in [0.25, 0.3) is 6.08 Å². The third-order valence-electron chi connectivity index (χ3n) is 1.07. The fourth-order valence-corrected chi connectivity index (χ4v) is 1.00. The summed E-state index contributed by atoms with van der Waals surface area (Å²) in [5.41, 5.74) is 1.09.